The van der Waals surface area contributed by atoms with Crippen LogP contribution in [0.25, 0.3) is 0 Å². The van der Waals surface area contributed by atoms with Crippen LogP contribution >= 0.6 is 46.0 Å². The molecule has 0 aliphatic carbocycles. The zero-order valence-corrected chi connectivity index (χ0v) is 17.5. The fourth-order valence-electron chi connectivity index (χ4n) is 2.30. The van der Waals surface area contributed by atoms with Gasteiger partial charge in [0.2, 0.25) is 11.8 Å². The third-order valence-corrected chi connectivity index (χ3v) is 6.03. The largest absolute Gasteiger partial charge is 0.324 e. The molecule has 2 aromatic carbocycles. The molecule has 1 aliphatic heterocycles. The van der Waals surface area contributed by atoms with E-state index < -0.39 is 5.25 Å². The number of nitrogens with one attached hydrogen (secondary N) is 1. The molecule has 134 valence electrons. The number of carbonyl (C=O) groups excluding carboxylic acids is 2. The van der Waals surface area contributed by atoms with Gasteiger partial charge in [-0.15, -0.1) is 0 Å². The van der Waals surface area contributed by atoms with Crippen LogP contribution in [0, 0.1) is 3.57 Å². The lowest BCUT2D eigenvalue weighted by atomic mass is 10.2. The predicted molar refractivity (Wildman–Crippen MR) is 115 cm³/mol. The van der Waals surface area contributed by atoms with Crippen molar-refractivity contribution in [3.63, 3.8) is 0 Å². The molecule has 0 aromatic heterocycles. The Balaban J connectivity index is 1.79. The Morgan fingerprint density at radius 2 is 1.96 bits per heavy atom. The first-order chi connectivity index (χ1) is 12.4. The normalized spacial score (nSPS) is 18.9. The van der Waals surface area contributed by atoms with Gasteiger partial charge in [-0.25, -0.2) is 4.99 Å². The lowest BCUT2D eigenvalue weighted by Crippen LogP contribution is -2.43. The molecule has 1 heterocycles. The summed E-state index contributed by atoms with van der Waals surface area (Å²) in [6.07, 6.45) is 0.114. The number of amidine groups is 1. The fraction of sp³-hybridized carbons (Fsp3) is 0.167. The van der Waals surface area contributed by atoms with Gasteiger partial charge in [0, 0.05) is 17.0 Å². The second-order valence-electron chi connectivity index (χ2n) is 5.60. The van der Waals surface area contributed by atoms with Gasteiger partial charge in [0.05, 0.1) is 16.4 Å². The van der Waals surface area contributed by atoms with E-state index in [0.29, 0.717) is 15.9 Å². The van der Waals surface area contributed by atoms with Gasteiger partial charge in [-0.2, -0.15) is 0 Å². The number of amides is 2. The molecule has 1 N–H and O–H groups in total. The van der Waals surface area contributed by atoms with Gasteiger partial charge in [-0.1, -0.05) is 35.5 Å². The number of hydrogen-bond donors (Lipinski definition) is 1. The van der Waals surface area contributed by atoms with Crippen LogP contribution in [0.4, 0.5) is 11.4 Å². The van der Waals surface area contributed by atoms with E-state index in [1.165, 1.54) is 16.7 Å². The standard InChI is InChI=1S/C18H15ClIN3O2S/c1-23-16(24)10-15(17(25)22-14-5-3-2-4-13(14)19)26-18(23)21-12-8-6-11(20)7-9-12/h2-9,15H,10H2,1H3,(H,22,25)/t15-/m1/s1. The summed E-state index contributed by atoms with van der Waals surface area (Å²) in [5, 5.41) is 3.19. The number of rotatable bonds is 3. The minimum Gasteiger partial charge on any atom is -0.324 e. The zero-order valence-electron chi connectivity index (χ0n) is 13.8. The van der Waals surface area contributed by atoms with Gasteiger partial charge < -0.3 is 5.32 Å². The summed E-state index contributed by atoms with van der Waals surface area (Å²) in [6, 6.07) is 14.6. The predicted octanol–water partition coefficient (Wildman–Crippen LogP) is 4.53. The molecule has 0 unspecified atom stereocenters. The number of anilines is 1. The number of halogens is 2. The average molecular weight is 500 g/mol. The number of hydrogen-bond acceptors (Lipinski definition) is 4. The van der Waals surface area contributed by atoms with E-state index >= 15 is 0 Å². The molecule has 2 aromatic rings. The second kappa shape index (κ2) is 8.41. The van der Waals surface area contributed by atoms with Crippen LogP contribution in [0.15, 0.2) is 53.5 Å². The molecule has 0 spiro atoms. The van der Waals surface area contributed by atoms with Crippen molar-refractivity contribution in [3.8, 4) is 0 Å². The molecule has 3 rings (SSSR count). The van der Waals surface area contributed by atoms with Crippen LogP contribution in [0.1, 0.15) is 6.42 Å². The number of nitrogens with zero attached hydrogens (tertiary/aromatic N) is 2. The summed E-state index contributed by atoms with van der Waals surface area (Å²) in [7, 11) is 1.67. The van der Waals surface area contributed by atoms with Crippen LogP contribution in [-0.2, 0) is 9.59 Å². The smallest absolute Gasteiger partial charge is 0.238 e. The average Bonchev–Trinajstić information content (AvgIpc) is 2.62. The Bertz CT molecular complexity index is 873. The van der Waals surface area contributed by atoms with Gasteiger partial charge in [0.1, 0.15) is 5.25 Å². The highest BCUT2D eigenvalue weighted by Gasteiger charge is 2.34. The van der Waals surface area contributed by atoms with Gasteiger partial charge in [-0.3, -0.25) is 14.5 Å². The molecule has 1 saturated heterocycles. The van der Waals surface area contributed by atoms with Gasteiger partial charge in [0.15, 0.2) is 5.17 Å². The highest BCUT2D eigenvalue weighted by molar-refractivity contribution is 14.1. The summed E-state index contributed by atoms with van der Waals surface area (Å²) < 4.78 is 1.10. The van der Waals surface area contributed by atoms with Crippen molar-refractivity contribution < 1.29 is 9.59 Å². The van der Waals surface area contributed by atoms with Crippen LogP contribution < -0.4 is 5.32 Å². The lowest BCUT2D eigenvalue weighted by Gasteiger charge is -2.28. The first kappa shape index (κ1) is 19.2. The minimum absolute atomic E-state index is 0.114. The van der Waals surface area contributed by atoms with E-state index in [1.54, 1.807) is 31.3 Å². The number of benzene rings is 2. The molecule has 26 heavy (non-hydrogen) atoms. The van der Waals surface area contributed by atoms with E-state index in [4.69, 9.17) is 11.6 Å². The Kier molecular flexibility index (Phi) is 6.20. The molecule has 5 nitrogen and oxygen atoms in total. The molecule has 0 bridgehead atoms. The summed E-state index contributed by atoms with van der Waals surface area (Å²) in [6.45, 7) is 0. The number of carbonyl (C=O) groups is 2. The molecule has 0 saturated carbocycles. The van der Waals surface area contributed by atoms with Crippen molar-refractivity contribution in [3.05, 3.63) is 57.1 Å². The molecule has 1 aliphatic rings. The fourth-order valence-corrected chi connectivity index (χ4v) is 3.91. The minimum atomic E-state index is -0.558. The van der Waals surface area contributed by atoms with Crippen molar-refractivity contribution in [2.75, 3.05) is 12.4 Å². The first-order valence-electron chi connectivity index (χ1n) is 7.77. The first-order valence-corrected chi connectivity index (χ1v) is 10.1. The van der Waals surface area contributed by atoms with E-state index in [0.717, 1.165) is 9.26 Å². The Hall–Kier alpha value is -1.58. The van der Waals surface area contributed by atoms with E-state index in [2.05, 4.69) is 32.9 Å². The molecule has 1 atom stereocenters. The van der Waals surface area contributed by atoms with E-state index in [-0.39, 0.29) is 18.2 Å². The quantitative estimate of drug-likeness (QED) is 0.631. The Labute approximate surface area is 174 Å². The zero-order chi connectivity index (χ0) is 18.7. The van der Waals surface area contributed by atoms with Crippen molar-refractivity contribution in [1.82, 2.24) is 4.90 Å². The molecule has 2 amide bonds. The third kappa shape index (κ3) is 4.57. The van der Waals surface area contributed by atoms with Gasteiger partial charge in [0.25, 0.3) is 0 Å². The molecule has 1 fully saturated rings. The molecular formula is C18H15ClIN3O2S. The van der Waals surface area contributed by atoms with Gasteiger partial charge >= 0.3 is 0 Å². The summed E-state index contributed by atoms with van der Waals surface area (Å²) in [4.78, 5) is 30.9. The Morgan fingerprint density at radius 3 is 2.65 bits per heavy atom. The van der Waals surface area contributed by atoms with Crippen LogP contribution in [0.3, 0.4) is 0 Å². The number of para-hydroxylation sites is 1. The van der Waals surface area contributed by atoms with Crippen molar-refractivity contribution >= 4 is 74.3 Å². The van der Waals surface area contributed by atoms with E-state index in [9.17, 15) is 9.59 Å². The SMILES string of the molecule is CN1C(=O)C[C@H](C(=O)Nc2ccccc2Cl)SC1=Nc1ccc(I)cc1. The van der Waals surface area contributed by atoms with Crippen molar-refractivity contribution in [2.24, 2.45) is 4.99 Å². The highest BCUT2D eigenvalue weighted by atomic mass is 127. The highest BCUT2D eigenvalue weighted by Crippen LogP contribution is 2.30. The summed E-state index contributed by atoms with van der Waals surface area (Å²) >= 11 is 9.58. The van der Waals surface area contributed by atoms with Crippen LogP contribution in [0.5, 0.6) is 0 Å². The Morgan fingerprint density at radius 1 is 1.27 bits per heavy atom. The lowest BCUT2D eigenvalue weighted by molar-refractivity contribution is -0.128. The van der Waals surface area contributed by atoms with Crippen molar-refractivity contribution in [1.29, 1.82) is 0 Å². The topological polar surface area (TPSA) is 61.8 Å². The third-order valence-electron chi connectivity index (χ3n) is 3.74. The molecular weight excluding hydrogens is 485 g/mol. The maximum atomic E-state index is 12.6. The van der Waals surface area contributed by atoms with Crippen molar-refractivity contribution in [2.45, 2.75) is 11.7 Å². The van der Waals surface area contributed by atoms with Crippen LogP contribution in [-0.4, -0.2) is 34.2 Å². The van der Waals surface area contributed by atoms with E-state index in [1.807, 2.05) is 24.3 Å². The maximum absolute atomic E-state index is 12.6. The van der Waals surface area contributed by atoms with Crippen LogP contribution in [0.2, 0.25) is 5.02 Å². The number of aliphatic imine (C=N–C) groups is 1. The monoisotopic (exact) mass is 499 g/mol. The summed E-state index contributed by atoms with van der Waals surface area (Å²) in [5.74, 6) is -0.410. The molecule has 8 heteroatoms. The molecule has 0 radical (unpaired) electrons. The number of thioether (sulfide) groups is 1. The second-order valence-corrected chi connectivity index (χ2v) is 8.43. The summed E-state index contributed by atoms with van der Waals surface area (Å²) in [5.41, 5.74) is 1.27. The van der Waals surface area contributed by atoms with Gasteiger partial charge in [-0.05, 0) is 59.0 Å². The maximum Gasteiger partial charge on any atom is 0.238 e.